The zero-order chi connectivity index (χ0) is 34.0. The lowest BCUT2D eigenvalue weighted by atomic mass is 9.46. The van der Waals surface area contributed by atoms with Crippen LogP contribution < -0.4 is 0 Å². The number of Topliss-reactive ketones (excluding diaryl/α,β-unsaturated/α-hetero) is 1. The normalized spacial score (nSPS) is 40.3. The summed E-state index contributed by atoms with van der Waals surface area (Å²) in [7, 11) is 0. The second-order valence-corrected chi connectivity index (χ2v) is 14.7. The van der Waals surface area contributed by atoms with Gasteiger partial charge in [-0.1, -0.05) is 58.0 Å². The first-order valence-corrected chi connectivity index (χ1v) is 16.0. The molecule has 0 spiro atoms. The van der Waals surface area contributed by atoms with Crippen molar-refractivity contribution in [1.82, 2.24) is 0 Å². The summed E-state index contributed by atoms with van der Waals surface area (Å²) < 4.78 is 30.6. The molecule has 252 valence electrons. The highest BCUT2D eigenvalue weighted by molar-refractivity contribution is 5.89. The number of hydrogen-bond donors (Lipinski definition) is 1. The van der Waals surface area contributed by atoms with E-state index in [0.717, 1.165) is 5.56 Å². The van der Waals surface area contributed by atoms with Crippen LogP contribution in [0.5, 0.6) is 0 Å². The minimum absolute atomic E-state index is 0.00240. The van der Waals surface area contributed by atoms with E-state index in [4.69, 9.17) is 23.7 Å². The molecule has 4 saturated carbocycles. The van der Waals surface area contributed by atoms with Crippen LogP contribution in [0, 0.1) is 39.9 Å². The summed E-state index contributed by atoms with van der Waals surface area (Å²) >= 11 is 0. The van der Waals surface area contributed by atoms with Gasteiger partial charge in [-0.15, -0.1) is 0 Å². The molecule has 4 aliphatic carbocycles. The van der Waals surface area contributed by atoms with Gasteiger partial charge in [0.05, 0.1) is 24.0 Å². The molecule has 0 saturated heterocycles. The molecule has 0 unspecified atom stereocenters. The molecule has 1 aromatic rings. The van der Waals surface area contributed by atoms with Gasteiger partial charge in [0.25, 0.3) is 0 Å². The fraction of sp³-hybridized carbons (Fsp3) is 0.686. The Labute approximate surface area is 269 Å². The number of aliphatic hydroxyl groups is 1. The van der Waals surface area contributed by atoms with Crippen LogP contribution in [0.25, 0.3) is 0 Å². The summed E-state index contributed by atoms with van der Waals surface area (Å²) in [6, 6.07) is 9.36. The van der Waals surface area contributed by atoms with Crippen LogP contribution in [-0.2, 0) is 54.3 Å². The molecule has 4 fully saturated rings. The molecule has 1 aromatic carbocycles. The number of rotatable bonds is 8. The van der Waals surface area contributed by atoms with Gasteiger partial charge in [0.1, 0.15) is 36.3 Å². The summed E-state index contributed by atoms with van der Waals surface area (Å²) in [6.07, 6.45) is -4.13. The predicted molar refractivity (Wildman–Crippen MR) is 161 cm³/mol. The Hall–Kier alpha value is -3.31. The minimum Gasteiger partial charge on any atom is -0.465 e. The highest BCUT2D eigenvalue weighted by Gasteiger charge is 2.85. The maximum Gasteiger partial charge on any atom is 0.303 e. The van der Waals surface area contributed by atoms with E-state index < -0.39 is 93.8 Å². The second kappa shape index (κ2) is 11.7. The van der Waals surface area contributed by atoms with Gasteiger partial charge in [-0.2, -0.15) is 0 Å². The fourth-order valence-electron chi connectivity index (χ4n) is 9.82. The first-order chi connectivity index (χ1) is 21.4. The van der Waals surface area contributed by atoms with Crippen LogP contribution in [0.15, 0.2) is 30.3 Å². The maximum atomic E-state index is 14.0. The van der Waals surface area contributed by atoms with Crippen molar-refractivity contribution in [3.63, 3.8) is 0 Å². The third kappa shape index (κ3) is 5.05. The Morgan fingerprint density at radius 2 is 1.43 bits per heavy atom. The van der Waals surface area contributed by atoms with E-state index in [2.05, 4.69) is 0 Å². The SMILES string of the molecule is CC(=O)OC[C@@]12C[C@H]3C(=O)C(C)(C)C[C@H]3[C@]1(C)[C@@H](OC(C)=O)[C@]1(O)[C@H]([C@@H](OCc3ccccc3)[C@@H](C)[C@H]1OC(C)=O)[C@H]2OC(C)=O. The number of esters is 4. The van der Waals surface area contributed by atoms with Crippen LogP contribution in [-0.4, -0.2) is 71.4 Å². The molecule has 0 radical (unpaired) electrons. The molecule has 0 heterocycles. The van der Waals surface area contributed by atoms with Crippen molar-refractivity contribution in [3.8, 4) is 0 Å². The van der Waals surface area contributed by atoms with Crippen LogP contribution in [0.2, 0.25) is 0 Å². The van der Waals surface area contributed by atoms with Crippen LogP contribution in [0.1, 0.15) is 73.8 Å². The molecular formula is C35H46O11. The van der Waals surface area contributed by atoms with Crippen molar-refractivity contribution >= 4 is 29.7 Å². The van der Waals surface area contributed by atoms with Gasteiger partial charge in [0, 0.05) is 50.4 Å². The third-order valence-electron chi connectivity index (χ3n) is 11.5. The number of carbonyl (C=O) groups is 5. The van der Waals surface area contributed by atoms with E-state index >= 15 is 0 Å². The Bertz CT molecular complexity index is 1410. The molecule has 11 atom stereocenters. The molecule has 0 amide bonds. The molecule has 0 aromatic heterocycles. The molecular weight excluding hydrogens is 596 g/mol. The number of carbonyl (C=O) groups excluding carboxylic acids is 5. The Morgan fingerprint density at radius 1 is 0.848 bits per heavy atom. The molecule has 1 N–H and O–H groups in total. The Morgan fingerprint density at radius 3 is 2.00 bits per heavy atom. The number of benzene rings is 1. The fourth-order valence-corrected chi connectivity index (χ4v) is 9.82. The van der Waals surface area contributed by atoms with Gasteiger partial charge in [0.15, 0.2) is 0 Å². The maximum absolute atomic E-state index is 14.0. The van der Waals surface area contributed by atoms with Crippen molar-refractivity contribution in [2.45, 2.75) is 105 Å². The van der Waals surface area contributed by atoms with Crippen molar-refractivity contribution < 1.29 is 52.8 Å². The number of ketones is 1. The third-order valence-corrected chi connectivity index (χ3v) is 11.5. The van der Waals surface area contributed by atoms with Crippen molar-refractivity contribution in [2.24, 2.45) is 39.9 Å². The van der Waals surface area contributed by atoms with Crippen LogP contribution in [0.3, 0.4) is 0 Å². The zero-order valence-electron chi connectivity index (χ0n) is 27.9. The smallest absolute Gasteiger partial charge is 0.303 e. The van der Waals surface area contributed by atoms with E-state index in [1.54, 1.807) is 6.92 Å². The van der Waals surface area contributed by atoms with Gasteiger partial charge >= 0.3 is 23.9 Å². The predicted octanol–water partition coefficient (Wildman–Crippen LogP) is 3.57. The number of fused-ring (bicyclic) bond motifs is 4. The van der Waals surface area contributed by atoms with Crippen molar-refractivity contribution in [3.05, 3.63) is 35.9 Å². The summed E-state index contributed by atoms with van der Waals surface area (Å²) in [6.45, 7) is 12.1. The average molecular weight is 643 g/mol. The molecule has 4 aliphatic rings. The number of hydrogen-bond acceptors (Lipinski definition) is 11. The second-order valence-electron chi connectivity index (χ2n) is 14.7. The first-order valence-electron chi connectivity index (χ1n) is 16.0. The van der Waals surface area contributed by atoms with E-state index in [9.17, 15) is 29.1 Å². The van der Waals surface area contributed by atoms with Gasteiger partial charge < -0.3 is 28.8 Å². The van der Waals surface area contributed by atoms with E-state index in [-0.39, 0.29) is 25.4 Å². The van der Waals surface area contributed by atoms with Crippen molar-refractivity contribution in [1.29, 1.82) is 0 Å². The zero-order valence-corrected chi connectivity index (χ0v) is 27.9. The topological polar surface area (TPSA) is 152 Å². The monoisotopic (exact) mass is 642 g/mol. The Kier molecular flexibility index (Phi) is 8.68. The summed E-state index contributed by atoms with van der Waals surface area (Å²) in [5, 5.41) is 13.3. The molecule has 5 rings (SSSR count). The molecule has 11 heteroatoms. The lowest BCUT2D eigenvalue weighted by molar-refractivity contribution is -0.310. The van der Waals surface area contributed by atoms with Gasteiger partial charge in [-0.25, -0.2) is 0 Å². The number of ether oxygens (including phenoxy) is 5. The van der Waals surface area contributed by atoms with E-state index in [1.165, 1.54) is 27.7 Å². The van der Waals surface area contributed by atoms with Gasteiger partial charge in [-0.3, -0.25) is 24.0 Å². The van der Waals surface area contributed by atoms with E-state index in [0.29, 0.717) is 6.42 Å². The average Bonchev–Trinajstić information content (AvgIpc) is 3.44. The molecule has 46 heavy (non-hydrogen) atoms. The molecule has 0 bridgehead atoms. The van der Waals surface area contributed by atoms with Crippen molar-refractivity contribution in [2.75, 3.05) is 6.61 Å². The quantitative estimate of drug-likeness (QED) is 0.327. The van der Waals surface area contributed by atoms with Gasteiger partial charge in [-0.05, 0) is 24.3 Å². The highest BCUT2D eigenvalue weighted by atomic mass is 16.6. The summed E-state index contributed by atoms with van der Waals surface area (Å²) in [5.74, 6) is -5.41. The summed E-state index contributed by atoms with van der Waals surface area (Å²) in [5.41, 5.74) is -4.59. The minimum atomic E-state index is -2.13. The summed E-state index contributed by atoms with van der Waals surface area (Å²) in [4.78, 5) is 65.0. The lowest BCUT2D eigenvalue weighted by Crippen LogP contribution is -2.76. The molecule has 11 nitrogen and oxygen atoms in total. The van der Waals surface area contributed by atoms with Crippen LogP contribution in [0.4, 0.5) is 0 Å². The van der Waals surface area contributed by atoms with E-state index in [1.807, 2.05) is 51.1 Å². The highest BCUT2D eigenvalue weighted by Crippen LogP contribution is 2.75. The first kappa shape index (κ1) is 34.0. The molecule has 0 aliphatic heterocycles. The van der Waals surface area contributed by atoms with Crippen LogP contribution >= 0.6 is 0 Å². The Balaban J connectivity index is 1.79. The largest absolute Gasteiger partial charge is 0.465 e. The van der Waals surface area contributed by atoms with Gasteiger partial charge in [0.2, 0.25) is 0 Å². The standard InChI is InChI=1S/C35H46O11/c1-18-27(42-16-23-12-10-9-11-13-23)26-30(45-21(4)38)34(17-43-19(2)36)14-24-25(15-32(6,7)28(24)40)33(34,8)31(46-22(5)39)35(26,41)29(18)44-20(3)37/h9-13,18,24-27,29-31,41H,14-17H2,1-8H3/t18-,24-,25-,26-,27+,29-,30-,31-,33-,34-,35+/m1/s1. The lowest BCUT2D eigenvalue weighted by Gasteiger charge is -2.63.